The van der Waals surface area contributed by atoms with Gasteiger partial charge in [-0.25, -0.2) is 0 Å². The van der Waals surface area contributed by atoms with Crippen LogP contribution in [0.25, 0.3) is 82.7 Å². The fourth-order valence-electron chi connectivity index (χ4n) is 9.11. The smallest absolute Gasteiger partial charge is 0.198 e. The first-order chi connectivity index (χ1) is 27.5. The zero-order valence-electron chi connectivity index (χ0n) is 33.2. The summed E-state index contributed by atoms with van der Waals surface area (Å²) in [5.74, 6) is 0. The van der Waals surface area contributed by atoms with Crippen LogP contribution in [0.15, 0.2) is 149 Å². The molecule has 0 saturated carbocycles. The topological polar surface area (TPSA) is 43.2 Å². The number of nitrogens with zero attached hydrogens (tertiary/aromatic N) is 1. The van der Waals surface area contributed by atoms with Crippen molar-refractivity contribution in [2.45, 2.75) is 52.4 Å². The van der Waals surface area contributed by atoms with Crippen LogP contribution < -0.4 is 16.2 Å². The Morgan fingerprint density at radius 3 is 2.09 bits per heavy atom. The molecule has 0 radical (unpaired) electrons. The van der Waals surface area contributed by atoms with E-state index < -0.39 is 0 Å². The van der Waals surface area contributed by atoms with E-state index in [1.807, 2.05) is 12.3 Å². The van der Waals surface area contributed by atoms with Gasteiger partial charge in [-0.3, -0.25) is 0 Å². The molecular formula is C52H43BN2O2. The molecule has 0 saturated heterocycles. The molecule has 0 unspecified atom stereocenters. The third-order valence-electron chi connectivity index (χ3n) is 12.2. The molecule has 4 nitrogen and oxygen atoms in total. The number of furan rings is 2. The minimum absolute atomic E-state index is 0.0251. The molecular weight excluding hydrogens is 695 g/mol. The van der Waals surface area contributed by atoms with E-state index in [4.69, 9.17) is 8.83 Å². The van der Waals surface area contributed by atoms with Crippen molar-refractivity contribution >= 4 is 84.3 Å². The lowest BCUT2D eigenvalue weighted by molar-refractivity contribution is 0.590. The minimum atomic E-state index is -0.0251. The Labute approximate surface area is 333 Å². The third kappa shape index (κ3) is 5.29. The lowest BCUT2D eigenvalue weighted by atomic mass is 9.59. The summed E-state index contributed by atoms with van der Waals surface area (Å²) in [7, 11) is 0.772. The van der Waals surface area contributed by atoms with E-state index in [2.05, 4.69) is 179 Å². The van der Waals surface area contributed by atoms with Crippen molar-refractivity contribution in [3.05, 3.63) is 151 Å². The van der Waals surface area contributed by atoms with Gasteiger partial charge in [0.25, 0.3) is 0 Å². The maximum atomic E-state index is 6.53. The molecule has 276 valence electrons. The maximum Gasteiger partial charge on any atom is 0.198 e. The summed E-state index contributed by atoms with van der Waals surface area (Å²) in [6.45, 7) is 13.7. The van der Waals surface area contributed by atoms with E-state index >= 15 is 0 Å². The third-order valence-corrected chi connectivity index (χ3v) is 12.2. The van der Waals surface area contributed by atoms with Gasteiger partial charge in [0.05, 0.1) is 11.8 Å². The zero-order valence-corrected chi connectivity index (χ0v) is 33.2. The Bertz CT molecular complexity index is 3240. The normalized spacial score (nSPS) is 12.9. The summed E-state index contributed by atoms with van der Waals surface area (Å²) in [6.07, 6.45) is 1.91. The number of anilines is 2. The molecule has 57 heavy (non-hydrogen) atoms. The number of rotatable bonds is 4. The van der Waals surface area contributed by atoms with Crippen LogP contribution in [0.3, 0.4) is 0 Å². The minimum Gasteiger partial charge on any atom is -0.464 e. The molecule has 5 heteroatoms. The summed E-state index contributed by atoms with van der Waals surface area (Å²) in [5, 5.41) is 9.71. The lowest BCUT2D eigenvalue weighted by Crippen LogP contribution is -2.37. The van der Waals surface area contributed by atoms with E-state index in [1.165, 1.54) is 55.2 Å². The highest BCUT2D eigenvalue weighted by molar-refractivity contribution is 6.73. The molecule has 10 aromatic rings. The molecule has 1 N–H and O–H groups in total. The molecule has 0 amide bonds. The largest absolute Gasteiger partial charge is 0.464 e. The fourth-order valence-corrected chi connectivity index (χ4v) is 9.11. The van der Waals surface area contributed by atoms with Crippen LogP contribution in [0.1, 0.15) is 52.7 Å². The lowest BCUT2D eigenvalue weighted by Gasteiger charge is -2.26. The second-order valence-electron chi connectivity index (χ2n) is 17.9. The Hall–Kier alpha value is -6.46. The van der Waals surface area contributed by atoms with Crippen molar-refractivity contribution in [3.63, 3.8) is 0 Å². The van der Waals surface area contributed by atoms with Crippen LogP contribution in [0.2, 0.25) is 0 Å². The first kappa shape index (κ1) is 33.8. The molecule has 11 rings (SSSR count). The van der Waals surface area contributed by atoms with Gasteiger partial charge in [0.1, 0.15) is 16.7 Å². The number of aromatic nitrogens is 1. The van der Waals surface area contributed by atoms with Gasteiger partial charge in [0.2, 0.25) is 0 Å². The van der Waals surface area contributed by atoms with Crippen molar-refractivity contribution < 1.29 is 8.83 Å². The van der Waals surface area contributed by atoms with Crippen molar-refractivity contribution in [2.75, 3.05) is 5.32 Å². The van der Waals surface area contributed by atoms with Crippen molar-refractivity contribution in [3.8, 4) is 27.9 Å². The number of benzene rings is 7. The number of para-hydroxylation sites is 1. The van der Waals surface area contributed by atoms with Crippen molar-refractivity contribution in [1.29, 1.82) is 0 Å². The highest BCUT2D eigenvalue weighted by Gasteiger charge is 2.29. The molecule has 3 aromatic heterocycles. The molecule has 0 atom stereocenters. The predicted molar refractivity (Wildman–Crippen MR) is 242 cm³/mol. The van der Waals surface area contributed by atoms with Crippen LogP contribution in [-0.2, 0) is 10.8 Å². The molecule has 7 aromatic carbocycles. The van der Waals surface area contributed by atoms with Crippen LogP contribution in [0.4, 0.5) is 11.4 Å². The van der Waals surface area contributed by atoms with Crippen LogP contribution in [-0.4, -0.2) is 11.8 Å². The average Bonchev–Trinajstić information content (AvgIpc) is 3.88. The predicted octanol–water partition coefficient (Wildman–Crippen LogP) is 12.8. The molecule has 0 bridgehead atoms. The highest BCUT2D eigenvalue weighted by atomic mass is 16.3. The monoisotopic (exact) mass is 738 g/mol. The second-order valence-corrected chi connectivity index (χ2v) is 17.9. The molecule has 4 heterocycles. The fraction of sp³-hybridized carbons (Fsp3) is 0.154. The van der Waals surface area contributed by atoms with Gasteiger partial charge in [0, 0.05) is 66.7 Å². The molecule has 0 fully saturated rings. The van der Waals surface area contributed by atoms with Crippen LogP contribution >= 0.6 is 0 Å². The van der Waals surface area contributed by atoms with Gasteiger partial charge < -0.3 is 18.7 Å². The quantitative estimate of drug-likeness (QED) is 0.183. The van der Waals surface area contributed by atoms with Gasteiger partial charge in [0.15, 0.2) is 7.28 Å². The first-order valence-electron chi connectivity index (χ1n) is 20.0. The van der Waals surface area contributed by atoms with Crippen LogP contribution in [0.5, 0.6) is 0 Å². The second kappa shape index (κ2) is 12.0. The van der Waals surface area contributed by atoms with E-state index in [-0.39, 0.29) is 10.8 Å². The summed E-state index contributed by atoms with van der Waals surface area (Å²) in [6, 6.07) is 48.7. The molecule has 0 spiro atoms. The van der Waals surface area contributed by atoms with Crippen molar-refractivity contribution in [2.24, 2.45) is 0 Å². The van der Waals surface area contributed by atoms with Crippen molar-refractivity contribution in [1.82, 2.24) is 4.57 Å². The Morgan fingerprint density at radius 2 is 1.30 bits per heavy atom. The van der Waals surface area contributed by atoms with Gasteiger partial charge in [-0.1, -0.05) is 126 Å². The molecule has 1 aliphatic rings. The Morgan fingerprint density at radius 1 is 0.544 bits per heavy atom. The standard InChI is InChI=1S/C52H43BN2O2/c1-51(2,3)31-16-19-33(20-17-31)54-43-23-18-32(52(4,5)6)24-37(43)35-21-22-36-38-25-39-34-14-10-11-15-46(34)57-48(39)28-44(38)55-45-26-40-41(30-12-8-7-9-13-30)29-56-47(40)27-42(45)53-49(35)50(36)55/h7-29,53-54H,1-6H3. The van der Waals surface area contributed by atoms with E-state index in [9.17, 15) is 0 Å². The van der Waals surface area contributed by atoms with Gasteiger partial charge >= 0.3 is 0 Å². The summed E-state index contributed by atoms with van der Waals surface area (Å²) in [4.78, 5) is 0. The van der Waals surface area contributed by atoms with E-state index in [0.717, 1.165) is 68.2 Å². The van der Waals surface area contributed by atoms with Gasteiger partial charge in [-0.2, -0.15) is 0 Å². The zero-order chi connectivity index (χ0) is 38.8. The Kier molecular flexibility index (Phi) is 7.14. The Balaban J connectivity index is 1.19. The summed E-state index contributed by atoms with van der Waals surface area (Å²) >= 11 is 0. The van der Waals surface area contributed by atoms with Gasteiger partial charge in [-0.05, 0) is 87.1 Å². The molecule has 1 aliphatic heterocycles. The summed E-state index contributed by atoms with van der Waals surface area (Å²) < 4.78 is 15.4. The van der Waals surface area contributed by atoms with E-state index in [1.54, 1.807) is 0 Å². The SMILES string of the molecule is CC(C)(C)c1ccc(Nc2ccc(C(C)(C)C)cc2-c2ccc3c4cc5c(cc4n4c3c2Bc2cc3occ(-c6ccccc6)c3cc2-4)oc2ccccc25)cc1. The van der Waals surface area contributed by atoms with E-state index in [0.29, 0.717) is 0 Å². The molecule has 0 aliphatic carbocycles. The first-order valence-corrected chi connectivity index (χ1v) is 20.0. The van der Waals surface area contributed by atoms with Gasteiger partial charge in [-0.15, -0.1) is 0 Å². The average molecular weight is 739 g/mol. The van der Waals surface area contributed by atoms with Crippen LogP contribution in [0, 0.1) is 0 Å². The maximum absolute atomic E-state index is 6.53. The summed E-state index contributed by atoms with van der Waals surface area (Å²) in [5.41, 5.74) is 18.3. The number of nitrogens with one attached hydrogen (secondary N) is 1. The highest BCUT2D eigenvalue weighted by Crippen LogP contribution is 2.43. The number of hydrogen-bond acceptors (Lipinski definition) is 3. The number of fused-ring (bicyclic) bond motifs is 9. The number of hydrogen-bond donors (Lipinski definition) is 1.